The second-order valence-electron chi connectivity index (χ2n) is 4.90. The minimum atomic E-state index is -0.229. The van der Waals surface area contributed by atoms with Gasteiger partial charge in [0.25, 0.3) is 0 Å². The van der Waals surface area contributed by atoms with Crippen LogP contribution in [0.2, 0.25) is 0 Å². The van der Waals surface area contributed by atoms with E-state index < -0.39 is 0 Å². The molecule has 1 N–H and O–H groups in total. The third kappa shape index (κ3) is 3.28. The number of ether oxygens (including phenoxy) is 1. The standard InChI is InChI=1S/C17H17FN2O/c18-16-8-4-2-6-14(16)12-21-11-13-5-1-3-7-15(13)17-19-9-10-20-17/h1-8H,9-12H2,(H,19,20). The maximum Gasteiger partial charge on any atom is 0.128 e. The SMILES string of the molecule is Fc1ccccc1COCc1ccccc1C1=NCCN1. The van der Waals surface area contributed by atoms with Crippen LogP contribution in [-0.4, -0.2) is 18.9 Å². The number of hydrogen-bond acceptors (Lipinski definition) is 3. The highest BCUT2D eigenvalue weighted by Crippen LogP contribution is 2.14. The van der Waals surface area contributed by atoms with Crippen molar-refractivity contribution in [2.45, 2.75) is 13.2 Å². The minimum absolute atomic E-state index is 0.229. The van der Waals surface area contributed by atoms with Crippen LogP contribution in [0.15, 0.2) is 53.5 Å². The molecule has 0 bridgehead atoms. The van der Waals surface area contributed by atoms with E-state index in [2.05, 4.69) is 10.3 Å². The molecular formula is C17H17FN2O. The van der Waals surface area contributed by atoms with E-state index in [1.165, 1.54) is 6.07 Å². The molecular weight excluding hydrogens is 267 g/mol. The number of amidine groups is 1. The second-order valence-corrected chi connectivity index (χ2v) is 4.90. The van der Waals surface area contributed by atoms with Crippen molar-refractivity contribution >= 4 is 5.84 Å². The van der Waals surface area contributed by atoms with E-state index >= 15 is 0 Å². The molecule has 0 aliphatic carbocycles. The molecule has 0 unspecified atom stereocenters. The lowest BCUT2D eigenvalue weighted by molar-refractivity contribution is 0.105. The molecule has 108 valence electrons. The quantitative estimate of drug-likeness (QED) is 0.916. The molecule has 4 heteroatoms. The third-order valence-corrected chi connectivity index (χ3v) is 3.42. The van der Waals surface area contributed by atoms with Crippen molar-refractivity contribution in [3.05, 3.63) is 71.0 Å². The Labute approximate surface area is 123 Å². The number of halogens is 1. The van der Waals surface area contributed by atoms with Gasteiger partial charge in [-0.25, -0.2) is 4.39 Å². The summed E-state index contributed by atoms with van der Waals surface area (Å²) in [5.41, 5.74) is 2.69. The van der Waals surface area contributed by atoms with Crippen molar-refractivity contribution in [1.82, 2.24) is 5.32 Å². The van der Waals surface area contributed by atoms with Gasteiger partial charge in [0.1, 0.15) is 11.7 Å². The fraction of sp³-hybridized carbons (Fsp3) is 0.235. The largest absolute Gasteiger partial charge is 0.372 e. The molecule has 0 radical (unpaired) electrons. The molecule has 0 aromatic heterocycles. The summed E-state index contributed by atoms with van der Waals surface area (Å²) in [7, 11) is 0. The predicted molar refractivity (Wildman–Crippen MR) is 80.7 cm³/mol. The third-order valence-electron chi connectivity index (χ3n) is 3.42. The Balaban J connectivity index is 1.67. The van der Waals surface area contributed by atoms with Gasteiger partial charge in [-0.3, -0.25) is 4.99 Å². The minimum Gasteiger partial charge on any atom is -0.372 e. The molecule has 0 saturated heterocycles. The zero-order valence-corrected chi connectivity index (χ0v) is 11.7. The zero-order valence-electron chi connectivity index (χ0n) is 11.7. The summed E-state index contributed by atoms with van der Waals surface area (Å²) in [4.78, 5) is 4.44. The Kier molecular flexibility index (Phi) is 4.26. The molecule has 1 aliphatic heterocycles. The van der Waals surface area contributed by atoms with Gasteiger partial charge >= 0.3 is 0 Å². The summed E-state index contributed by atoms with van der Waals surface area (Å²) < 4.78 is 19.2. The first kappa shape index (κ1) is 13.8. The van der Waals surface area contributed by atoms with Gasteiger partial charge in [-0.05, 0) is 11.6 Å². The molecule has 0 atom stereocenters. The van der Waals surface area contributed by atoms with Crippen molar-refractivity contribution in [2.75, 3.05) is 13.1 Å². The predicted octanol–water partition coefficient (Wildman–Crippen LogP) is 2.89. The fourth-order valence-electron chi connectivity index (χ4n) is 2.34. The van der Waals surface area contributed by atoms with Crippen LogP contribution in [0.5, 0.6) is 0 Å². The van der Waals surface area contributed by atoms with Crippen LogP contribution in [0.3, 0.4) is 0 Å². The van der Waals surface area contributed by atoms with Crippen LogP contribution < -0.4 is 5.32 Å². The van der Waals surface area contributed by atoms with Gasteiger partial charge < -0.3 is 10.1 Å². The van der Waals surface area contributed by atoms with Crippen LogP contribution in [0.4, 0.5) is 4.39 Å². The number of nitrogens with one attached hydrogen (secondary N) is 1. The monoisotopic (exact) mass is 284 g/mol. The number of rotatable bonds is 5. The first-order valence-corrected chi connectivity index (χ1v) is 7.02. The highest BCUT2D eigenvalue weighted by Gasteiger charge is 2.12. The Morgan fingerprint density at radius 1 is 1.00 bits per heavy atom. The number of benzene rings is 2. The Morgan fingerprint density at radius 3 is 2.48 bits per heavy atom. The molecule has 0 amide bonds. The molecule has 0 saturated carbocycles. The second kappa shape index (κ2) is 6.50. The van der Waals surface area contributed by atoms with Gasteiger partial charge in [0.2, 0.25) is 0 Å². The first-order chi connectivity index (χ1) is 10.3. The van der Waals surface area contributed by atoms with Gasteiger partial charge in [-0.2, -0.15) is 0 Å². The maximum absolute atomic E-state index is 13.5. The lowest BCUT2D eigenvalue weighted by atomic mass is 10.1. The van der Waals surface area contributed by atoms with Crippen molar-refractivity contribution in [2.24, 2.45) is 4.99 Å². The van der Waals surface area contributed by atoms with Crippen LogP contribution in [0.25, 0.3) is 0 Å². The summed E-state index contributed by atoms with van der Waals surface area (Å²) in [6, 6.07) is 14.7. The van der Waals surface area contributed by atoms with Gasteiger partial charge in [0, 0.05) is 17.7 Å². The number of nitrogens with zero attached hydrogens (tertiary/aromatic N) is 1. The Hall–Kier alpha value is -2.20. The van der Waals surface area contributed by atoms with Gasteiger partial charge in [0.15, 0.2) is 0 Å². The highest BCUT2D eigenvalue weighted by atomic mass is 19.1. The summed E-state index contributed by atoms with van der Waals surface area (Å²) in [5, 5.41) is 3.26. The zero-order chi connectivity index (χ0) is 14.5. The van der Waals surface area contributed by atoms with E-state index in [-0.39, 0.29) is 12.4 Å². The summed E-state index contributed by atoms with van der Waals surface area (Å²) in [6.07, 6.45) is 0. The molecule has 2 aromatic rings. The average Bonchev–Trinajstić information content (AvgIpc) is 3.04. The number of hydrogen-bond donors (Lipinski definition) is 1. The molecule has 0 spiro atoms. The van der Waals surface area contributed by atoms with Crippen molar-refractivity contribution in [3.8, 4) is 0 Å². The Bertz CT molecular complexity index is 655. The van der Waals surface area contributed by atoms with Gasteiger partial charge in [-0.15, -0.1) is 0 Å². The fourth-order valence-corrected chi connectivity index (χ4v) is 2.34. The van der Waals surface area contributed by atoms with Crippen LogP contribution in [0, 0.1) is 5.82 Å². The van der Waals surface area contributed by atoms with Crippen molar-refractivity contribution in [3.63, 3.8) is 0 Å². The highest BCUT2D eigenvalue weighted by molar-refractivity contribution is 6.00. The lowest BCUT2D eigenvalue weighted by Crippen LogP contribution is -2.21. The van der Waals surface area contributed by atoms with E-state index in [1.54, 1.807) is 12.1 Å². The van der Waals surface area contributed by atoms with Gasteiger partial charge in [0.05, 0.1) is 19.8 Å². The van der Waals surface area contributed by atoms with E-state index in [1.807, 2.05) is 30.3 Å². The number of aliphatic imine (C=N–C) groups is 1. The molecule has 3 rings (SSSR count). The normalized spacial score (nSPS) is 13.9. The van der Waals surface area contributed by atoms with E-state index in [4.69, 9.17) is 4.74 Å². The first-order valence-electron chi connectivity index (χ1n) is 7.02. The molecule has 2 aromatic carbocycles. The van der Waals surface area contributed by atoms with Crippen LogP contribution >= 0.6 is 0 Å². The smallest absolute Gasteiger partial charge is 0.128 e. The topological polar surface area (TPSA) is 33.6 Å². The molecule has 3 nitrogen and oxygen atoms in total. The summed E-state index contributed by atoms with van der Waals surface area (Å²) in [6.45, 7) is 2.38. The summed E-state index contributed by atoms with van der Waals surface area (Å²) in [5.74, 6) is 0.688. The molecule has 21 heavy (non-hydrogen) atoms. The lowest BCUT2D eigenvalue weighted by Gasteiger charge is -2.11. The van der Waals surface area contributed by atoms with Crippen LogP contribution in [0.1, 0.15) is 16.7 Å². The summed E-state index contributed by atoms with van der Waals surface area (Å²) >= 11 is 0. The van der Waals surface area contributed by atoms with E-state index in [0.717, 1.165) is 30.1 Å². The maximum atomic E-state index is 13.5. The van der Waals surface area contributed by atoms with Crippen LogP contribution in [-0.2, 0) is 18.0 Å². The van der Waals surface area contributed by atoms with Gasteiger partial charge in [-0.1, -0.05) is 42.5 Å². The molecule has 1 aliphatic rings. The molecule has 0 fully saturated rings. The average molecular weight is 284 g/mol. The van der Waals surface area contributed by atoms with Crippen molar-refractivity contribution < 1.29 is 9.13 Å². The van der Waals surface area contributed by atoms with E-state index in [9.17, 15) is 4.39 Å². The van der Waals surface area contributed by atoms with E-state index in [0.29, 0.717) is 12.2 Å². The molecule has 1 heterocycles. The Morgan fingerprint density at radius 2 is 1.71 bits per heavy atom. The van der Waals surface area contributed by atoms with Crippen molar-refractivity contribution in [1.29, 1.82) is 0 Å².